The van der Waals surface area contributed by atoms with Gasteiger partial charge < -0.3 is 18.9 Å². The van der Waals surface area contributed by atoms with E-state index in [0.717, 1.165) is 5.56 Å². The summed E-state index contributed by atoms with van der Waals surface area (Å²) >= 11 is 0. The van der Waals surface area contributed by atoms with Crippen molar-refractivity contribution in [3.8, 4) is 0 Å². The third-order valence-corrected chi connectivity index (χ3v) is 4.31. The minimum Gasteiger partial charge on any atom is -0.481 e. The Bertz CT molecular complexity index is 741. The van der Waals surface area contributed by atoms with Gasteiger partial charge in [0.2, 0.25) is 5.91 Å². The van der Waals surface area contributed by atoms with E-state index in [9.17, 15) is 14.7 Å². The number of carbonyl (C=O) groups excluding carboxylic acids is 1. The molecule has 1 aliphatic heterocycles. The first-order valence-corrected chi connectivity index (χ1v) is 7.39. The molecular weight excluding hydrogens is 300 g/mol. The second-order valence-electron chi connectivity index (χ2n) is 5.87. The van der Waals surface area contributed by atoms with E-state index in [-0.39, 0.29) is 18.9 Å². The van der Waals surface area contributed by atoms with Crippen LogP contribution in [0.15, 0.2) is 21.1 Å². The second kappa shape index (κ2) is 5.57. The van der Waals surface area contributed by atoms with Gasteiger partial charge in [0.25, 0.3) is 0 Å². The highest BCUT2D eigenvalue weighted by Crippen LogP contribution is 2.40. The highest BCUT2D eigenvalue weighted by Gasteiger charge is 2.46. The average molecular weight is 318 g/mol. The summed E-state index contributed by atoms with van der Waals surface area (Å²) in [7, 11) is 0. The number of furan rings is 1. The molecule has 0 unspecified atom stereocenters. The third kappa shape index (κ3) is 2.62. The molecular formula is C16H18N2O5. The standard InChI is InChI=1S/C16H18N2O5/c1-8-4-5-13(22-8)15-11(16(20)21)6-14(19)18(15)7-12-9(2)17-23-10(12)3/h4-5,11,15H,6-7H2,1-3H3,(H,20,21)/t11-,15+/m1/s1. The van der Waals surface area contributed by atoms with Gasteiger partial charge in [-0.05, 0) is 32.9 Å². The lowest BCUT2D eigenvalue weighted by molar-refractivity contribution is -0.143. The van der Waals surface area contributed by atoms with Gasteiger partial charge in [0, 0.05) is 12.0 Å². The molecule has 3 rings (SSSR count). The Morgan fingerprint density at radius 3 is 2.65 bits per heavy atom. The fourth-order valence-electron chi connectivity index (χ4n) is 3.06. The van der Waals surface area contributed by atoms with Crippen molar-refractivity contribution in [1.29, 1.82) is 0 Å². The van der Waals surface area contributed by atoms with Crippen molar-refractivity contribution >= 4 is 11.9 Å². The van der Waals surface area contributed by atoms with Crippen LogP contribution in [0, 0.1) is 26.7 Å². The quantitative estimate of drug-likeness (QED) is 0.929. The van der Waals surface area contributed by atoms with Gasteiger partial charge in [-0.2, -0.15) is 0 Å². The van der Waals surface area contributed by atoms with Crippen molar-refractivity contribution in [2.45, 2.75) is 39.8 Å². The minimum atomic E-state index is -1.00. The molecule has 7 nitrogen and oxygen atoms in total. The molecule has 1 amide bonds. The van der Waals surface area contributed by atoms with Gasteiger partial charge in [0.15, 0.2) is 0 Å². The van der Waals surface area contributed by atoms with Crippen molar-refractivity contribution in [2.75, 3.05) is 0 Å². The zero-order valence-corrected chi connectivity index (χ0v) is 13.2. The SMILES string of the molecule is Cc1ccc([C@@H]2[C@H](C(=O)O)CC(=O)N2Cc2c(C)noc2C)o1. The molecule has 2 atom stereocenters. The third-order valence-electron chi connectivity index (χ3n) is 4.31. The van der Waals surface area contributed by atoms with Crippen LogP contribution in [0.2, 0.25) is 0 Å². The number of rotatable bonds is 4. The van der Waals surface area contributed by atoms with Crippen LogP contribution in [0.4, 0.5) is 0 Å². The van der Waals surface area contributed by atoms with Crippen LogP contribution in [-0.2, 0) is 16.1 Å². The van der Waals surface area contributed by atoms with Gasteiger partial charge in [-0.1, -0.05) is 5.16 Å². The molecule has 23 heavy (non-hydrogen) atoms. The van der Waals surface area contributed by atoms with Gasteiger partial charge in [-0.15, -0.1) is 0 Å². The first kappa shape index (κ1) is 15.3. The van der Waals surface area contributed by atoms with E-state index in [4.69, 9.17) is 8.94 Å². The molecule has 0 aliphatic carbocycles. The second-order valence-corrected chi connectivity index (χ2v) is 5.87. The van der Waals surface area contributed by atoms with Crippen LogP contribution in [-0.4, -0.2) is 27.0 Å². The van der Waals surface area contributed by atoms with Crippen molar-refractivity contribution in [3.05, 3.63) is 40.7 Å². The van der Waals surface area contributed by atoms with E-state index >= 15 is 0 Å². The maximum Gasteiger partial charge on any atom is 0.309 e. The summed E-state index contributed by atoms with van der Waals surface area (Å²) in [4.78, 5) is 25.5. The molecule has 0 spiro atoms. The number of amides is 1. The van der Waals surface area contributed by atoms with Crippen molar-refractivity contribution in [1.82, 2.24) is 10.1 Å². The Hall–Kier alpha value is -2.57. The summed E-state index contributed by atoms with van der Waals surface area (Å²) in [6.07, 6.45) is -0.0386. The van der Waals surface area contributed by atoms with Crippen molar-refractivity contribution < 1.29 is 23.6 Å². The van der Waals surface area contributed by atoms with Gasteiger partial charge in [-0.3, -0.25) is 9.59 Å². The van der Waals surface area contributed by atoms with Gasteiger partial charge in [0.05, 0.1) is 18.2 Å². The molecule has 7 heteroatoms. The Balaban J connectivity index is 1.98. The summed E-state index contributed by atoms with van der Waals surface area (Å²) in [6.45, 7) is 5.62. The highest BCUT2D eigenvalue weighted by atomic mass is 16.5. The maximum atomic E-state index is 12.4. The molecule has 122 valence electrons. The Kier molecular flexibility index (Phi) is 3.71. The minimum absolute atomic E-state index is 0.0386. The Labute approximate surface area is 132 Å². The van der Waals surface area contributed by atoms with Gasteiger partial charge in [-0.25, -0.2) is 0 Å². The van der Waals surface area contributed by atoms with E-state index in [2.05, 4.69) is 5.16 Å². The van der Waals surface area contributed by atoms with Gasteiger partial charge in [0.1, 0.15) is 23.3 Å². The van der Waals surface area contributed by atoms with Crippen LogP contribution in [0.3, 0.4) is 0 Å². The van der Waals surface area contributed by atoms with Crippen molar-refractivity contribution in [2.24, 2.45) is 5.92 Å². The highest BCUT2D eigenvalue weighted by molar-refractivity contribution is 5.87. The lowest BCUT2D eigenvalue weighted by atomic mass is 9.98. The molecule has 1 N–H and O–H groups in total. The number of carbonyl (C=O) groups is 2. The van der Waals surface area contributed by atoms with Crippen LogP contribution in [0.1, 0.15) is 41.0 Å². The van der Waals surface area contributed by atoms with E-state index in [1.54, 1.807) is 37.8 Å². The molecule has 0 radical (unpaired) electrons. The summed E-state index contributed by atoms with van der Waals surface area (Å²) in [6, 6.07) is 2.88. The zero-order chi connectivity index (χ0) is 16.7. The van der Waals surface area contributed by atoms with E-state index in [0.29, 0.717) is 23.0 Å². The van der Waals surface area contributed by atoms with E-state index in [1.165, 1.54) is 0 Å². The number of aliphatic carboxylic acids is 1. The summed E-state index contributed by atoms with van der Waals surface area (Å²) < 4.78 is 10.7. The molecule has 3 heterocycles. The van der Waals surface area contributed by atoms with Crippen molar-refractivity contribution in [3.63, 3.8) is 0 Å². The van der Waals surface area contributed by atoms with Crippen LogP contribution >= 0.6 is 0 Å². The monoisotopic (exact) mass is 318 g/mol. The smallest absolute Gasteiger partial charge is 0.309 e. The number of carboxylic acids is 1. The number of aryl methyl sites for hydroxylation is 3. The van der Waals surface area contributed by atoms with E-state index < -0.39 is 17.9 Å². The molecule has 1 aliphatic rings. The lowest BCUT2D eigenvalue weighted by Gasteiger charge is -2.25. The summed E-state index contributed by atoms with van der Waals surface area (Å²) in [5, 5.41) is 13.4. The number of nitrogens with zero attached hydrogens (tertiary/aromatic N) is 2. The first-order chi connectivity index (χ1) is 10.9. The number of likely N-dealkylation sites (tertiary alicyclic amines) is 1. The molecule has 2 aromatic heterocycles. The average Bonchev–Trinajstić information content (AvgIpc) is 3.13. The molecule has 0 bridgehead atoms. The maximum absolute atomic E-state index is 12.4. The largest absolute Gasteiger partial charge is 0.481 e. The molecule has 1 fully saturated rings. The number of hydrogen-bond donors (Lipinski definition) is 1. The van der Waals surface area contributed by atoms with Gasteiger partial charge >= 0.3 is 5.97 Å². The molecule has 1 saturated heterocycles. The lowest BCUT2D eigenvalue weighted by Crippen LogP contribution is -2.30. The Morgan fingerprint density at radius 1 is 1.39 bits per heavy atom. The molecule has 0 aromatic carbocycles. The fraction of sp³-hybridized carbons (Fsp3) is 0.438. The summed E-state index contributed by atoms with van der Waals surface area (Å²) in [5.41, 5.74) is 1.50. The number of aromatic nitrogens is 1. The molecule has 2 aromatic rings. The Morgan fingerprint density at radius 2 is 2.13 bits per heavy atom. The van der Waals surface area contributed by atoms with Crippen LogP contribution < -0.4 is 0 Å². The van der Waals surface area contributed by atoms with Crippen LogP contribution in [0.25, 0.3) is 0 Å². The zero-order valence-electron chi connectivity index (χ0n) is 13.2. The predicted octanol–water partition coefficient (Wildman–Crippen LogP) is 2.37. The van der Waals surface area contributed by atoms with Crippen LogP contribution in [0.5, 0.6) is 0 Å². The van der Waals surface area contributed by atoms with E-state index in [1.807, 2.05) is 0 Å². The normalized spacial score (nSPS) is 21.2. The predicted molar refractivity (Wildman–Crippen MR) is 78.5 cm³/mol. The first-order valence-electron chi connectivity index (χ1n) is 7.39. The molecule has 0 saturated carbocycles. The number of hydrogen-bond acceptors (Lipinski definition) is 5. The fourth-order valence-corrected chi connectivity index (χ4v) is 3.06. The number of carboxylic acid groups (broad SMARTS) is 1. The summed E-state index contributed by atoms with van der Waals surface area (Å²) in [5.74, 6) is -0.236. The topological polar surface area (TPSA) is 96.8 Å².